The lowest BCUT2D eigenvalue weighted by Crippen LogP contribution is -2.13. The fraction of sp³-hybridized carbons (Fsp3) is 0.545. The third kappa shape index (κ3) is 4.14. The lowest BCUT2D eigenvalue weighted by atomic mass is 10.5. The molecule has 122 valence electrons. The van der Waals surface area contributed by atoms with Crippen molar-refractivity contribution in [2.75, 3.05) is 25.1 Å². The summed E-state index contributed by atoms with van der Waals surface area (Å²) < 4.78 is 22.8. The number of nitrogens with two attached hydrogens (primary N) is 1. The number of fused-ring (bicyclic) bond motifs is 1. The van der Waals surface area contributed by atoms with Crippen LogP contribution in [-0.4, -0.2) is 38.9 Å². The Morgan fingerprint density at radius 3 is 3.05 bits per heavy atom. The van der Waals surface area contributed by atoms with Gasteiger partial charge in [0.15, 0.2) is 11.2 Å². The van der Waals surface area contributed by atoms with E-state index < -0.39 is 13.2 Å². The van der Waals surface area contributed by atoms with Crippen LogP contribution < -0.4 is 16.2 Å². The van der Waals surface area contributed by atoms with Gasteiger partial charge < -0.3 is 24.5 Å². The van der Waals surface area contributed by atoms with E-state index in [1.165, 1.54) is 10.9 Å². The Labute approximate surface area is 125 Å². The molecule has 2 heterocycles. The molecule has 2 aromatic heterocycles. The van der Waals surface area contributed by atoms with Crippen LogP contribution in [0, 0.1) is 0 Å². The van der Waals surface area contributed by atoms with Crippen molar-refractivity contribution in [3.8, 4) is 0 Å². The third-order valence-corrected chi connectivity index (χ3v) is 4.29. The Balaban J connectivity index is 1.88. The summed E-state index contributed by atoms with van der Waals surface area (Å²) in [7, 11) is -3.77. The Morgan fingerprint density at radius 1 is 1.55 bits per heavy atom. The van der Waals surface area contributed by atoms with E-state index in [1.54, 1.807) is 6.92 Å². The van der Waals surface area contributed by atoms with Crippen LogP contribution in [-0.2, 0) is 20.6 Å². The minimum absolute atomic E-state index is 0.0109. The highest BCUT2D eigenvalue weighted by atomic mass is 31.2. The van der Waals surface area contributed by atoms with Gasteiger partial charge in [0, 0.05) is 12.8 Å². The fourth-order valence-electron chi connectivity index (χ4n) is 1.85. The number of rotatable bonds is 8. The molecule has 0 fully saturated rings. The topological polar surface area (TPSA) is 148 Å². The van der Waals surface area contributed by atoms with E-state index in [-0.39, 0.29) is 37.6 Å². The second-order valence-electron chi connectivity index (χ2n) is 4.48. The van der Waals surface area contributed by atoms with Crippen LogP contribution in [0.3, 0.4) is 0 Å². The molecule has 1 unspecified atom stereocenters. The van der Waals surface area contributed by atoms with E-state index in [4.69, 9.17) is 10.5 Å². The minimum Gasteiger partial charge on any atom is -0.778 e. The summed E-state index contributed by atoms with van der Waals surface area (Å²) in [5.41, 5.74) is 5.53. The van der Waals surface area contributed by atoms with Gasteiger partial charge in [-0.25, -0.2) is 4.98 Å². The SMILES string of the molecule is CCOP(=O)([O-])CCCOCn1cnc2c(=O)[nH]c(N)nc21. The van der Waals surface area contributed by atoms with Crippen LogP contribution in [0.15, 0.2) is 11.1 Å². The molecule has 0 aliphatic rings. The number of nitrogen functional groups attached to an aromatic ring is 1. The molecule has 0 saturated heterocycles. The third-order valence-electron chi connectivity index (χ3n) is 2.77. The van der Waals surface area contributed by atoms with E-state index in [1.807, 2.05) is 0 Å². The number of hydrogen-bond donors (Lipinski definition) is 2. The molecule has 0 bridgehead atoms. The standard InChI is InChI=1S/C11H18N5O5P/c1-2-21-22(18,19)5-3-4-20-7-16-6-13-8-9(16)14-11(12)15-10(8)17/h6H,2-5,7H2,1H3,(H,18,19)(H3,12,14,15,17)/p-1. The number of aromatic nitrogens is 4. The van der Waals surface area contributed by atoms with Gasteiger partial charge in [-0.1, -0.05) is 0 Å². The van der Waals surface area contributed by atoms with Crippen molar-refractivity contribution in [3.63, 3.8) is 0 Å². The highest BCUT2D eigenvalue weighted by molar-refractivity contribution is 7.51. The van der Waals surface area contributed by atoms with Gasteiger partial charge >= 0.3 is 0 Å². The van der Waals surface area contributed by atoms with Crippen LogP contribution >= 0.6 is 7.60 Å². The number of nitrogens with one attached hydrogen (secondary N) is 1. The quantitative estimate of drug-likeness (QED) is 0.493. The molecule has 3 N–H and O–H groups in total. The molecule has 0 amide bonds. The number of hydrogen-bond acceptors (Lipinski definition) is 8. The molecule has 2 aromatic rings. The Morgan fingerprint density at radius 2 is 2.32 bits per heavy atom. The number of imidazole rings is 1. The summed E-state index contributed by atoms with van der Waals surface area (Å²) in [6.07, 6.45) is 1.63. The van der Waals surface area contributed by atoms with Crippen LogP contribution in [0.5, 0.6) is 0 Å². The Kier molecular flexibility index (Phi) is 5.30. The number of aromatic amines is 1. The zero-order valence-electron chi connectivity index (χ0n) is 12.0. The molecule has 1 atom stereocenters. The second kappa shape index (κ2) is 7.01. The van der Waals surface area contributed by atoms with Crippen molar-refractivity contribution in [2.45, 2.75) is 20.1 Å². The van der Waals surface area contributed by atoms with Crippen LogP contribution in [0.1, 0.15) is 13.3 Å². The first kappa shape index (κ1) is 16.6. The fourth-order valence-corrected chi connectivity index (χ4v) is 2.89. The first-order valence-corrected chi connectivity index (χ1v) is 8.38. The van der Waals surface area contributed by atoms with Gasteiger partial charge in [-0.2, -0.15) is 4.98 Å². The van der Waals surface area contributed by atoms with Crippen molar-refractivity contribution >= 4 is 24.7 Å². The molecule has 0 aliphatic heterocycles. The first-order valence-electron chi connectivity index (χ1n) is 6.66. The van der Waals surface area contributed by atoms with Crippen molar-refractivity contribution in [1.29, 1.82) is 0 Å². The Hall–Kier alpha value is -1.74. The lowest BCUT2D eigenvalue weighted by Gasteiger charge is -2.22. The lowest BCUT2D eigenvalue weighted by molar-refractivity contribution is -0.198. The van der Waals surface area contributed by atoms with Gasteiger partial charge in [0.05, 0.1) is 12.9 Å². The van der Waals surface area contributed by atoms with Gasteiger partial charge in [0.1, 0.15) is 14.3 Å². The first-order chi connectivity index (χ1) is 10.4. The van der Waals surface area contributed by atoms with Gasteiger partial charge in [0.2, 0.25) is 5.95 Å². The molecule has 22 heavy (non-hydrogen) atoms. The summed E-state index contributed by atoms with van der Waals surface area (Å²) in [5.74, 6) is -0.0109. The van der Waals surface area contributed by atoms with Crippen molar-refractivity contribution in [2.24, 2.45) is 0 Å². The monoisotopic (exact) mass is 330 g/mol. The van der Waals surface area contributed by atoms with Gasteiger partial charge in [-0.05, 0) is 13.3 Å². The van der Waals surface area contributed by atoms with Crippen molar-refractivity contribution in [1.82, 2.24) is 19.5 Å². The van der Waals surface area contributed by atoms with Crippen LogP contribution in [0.2, 0.25) is 0 Å². The number of ether oxygens (including phenoxy) is 1. The van der Waals surface area contributed by atoms with Crippen molar-refractivity contribution < 1.29 is 18.7 Å². The zero-order valence-corrected chi connectivity index (χ0v) is 12.9. The molecule has 0 aromatic carbocycles. The minimum atomic E-state index is -3.77. The molecular weight excluding hydrogens is 313 g/mol. The molecule has 10 nitrogen and oxygen atoms in total. The van der Waals surface area contributed by atoms with E-state index in [0.29, 0.717) is 12.1 Å². The van der Waals surface area contributed by atoms with Crippen molar-refractivity contribution in [3.05, 3.63) is 16.7 Å². The summed E-state index contributed by atoms with van der Waals surface area (Å²) in [5, 5.41) is 0. The molecule has 0 saturated carbocycles. The summed E-state index contributed by atoms with van der Waals surface area (Å²) >= 11 is 0. The molecule has 0 spiro atoms. The zero-order chi connectivity index (χ0) is 16.2. The predicted octanol–water partition coefficient (Wildman–Crippen LogP) is -0.344. The maximum atomic E-state index is 11.6. The van der Waals surface area contributed by atoms with E-state index in [2.05, 4.69) is 19.5 Å². The van der Waals surface area contributed by atoms with Gasteiger partial charge in [-0.15, -0.1) is 0 Å². The second-order valence-corrected chi connectivity index (χ2v) is 6.41. The normalized spacial score (nSPS) is 14.3. The Bertz CT molecular complexity index is 742. The average molecular weight is 330 g/mol. The highest BCUT2D eigenvalue weighted by Crippen LogP contribution is 2.36. The van der Waals surface area contributed by atoms with Gasteiger partial charge in [-0.3, -0.25) is 14.3 Å². The molecule has 11 heteroatoms. The summed E-state index contributed by atoms with van der Waals surface area (Å²) in [6, 6.07) is 0. The number of nitrogens with zero attached hydrogens (tertiary/aromatic N) is 3. The maximum Gasteiger partial charge on any atom is 0.280 e. The van der Waals surface area contributed by atoms with Crippen LogP contribution in [0.25, 0.3) is 11.2 Å². The summed E-state index contributed by atoms with van der Waals surface area (Å²) in [4.78, 5) is 33.2. The van der Waals surface area contributed by atoms with E-state index in [0.717, 1.165) is 0 Å². The van der Waals surface area contributed by atoms with E-state index in [9.17, 15) is 14.3 Å². The maximum absolute atomic E-state index is 11.6. The van der Waals surface area contributed by atoms with Crippen LogP contribution in [0.4, 0.5) is 5.95 Å². The molecule has 2 rings (SSSR count). The smallest absolute Gasteiger partial charge is 0.280 e. The predicted molar refractivity (Wildman–Crippen MR) is 77.2 cm³/mol. The van der Waals surface area contributed by atoms with Gasteiger partial charge in [0.25, 0.3) is 5.56 Å². The van der Waals surface area contributed by atoms with E-state index >= 15 is 0 Å². The number of H-pyrrole nitrogens is 1. The molecule has 0 aliphatic carbocycles. The average Bonchev–Trinajstić information content (AvgIpc) is 2.81. The molecule has 0 radical (unpaired) electrons. The highest BCUT2D eigenvalue weighted by Gasteiger charge is 2.10. The molecular formula is C11H17N5O5P-. The number of anilines is 1. The largest absolute Gasteiger partial charge is 0.778 e. The summed E-state index contributed by atoms with van der Waals surface area (Å²) in [6.45, 7) is 2.05.